The van der Waals surface area contributed by atoms with E-state index in [9.17, 15) is 13.2 Å². The summed E-state index contributed by atoms with van der Waals surface area (Å²) in [7, 11) is 0. The van der Waals surface area contributed by atoms with Gasteiger partial charge in [0.1, 0.15) is 0 Å². The Morgan fingerprint density at radius 1 is 1.38 bits per heavy atom. The van der Waals surface area contributed by atoms with E-state index in [0.717, 1.165) is 0 Å². The first-order chi connectivity index (χ1) is 6.05. The normalized spacial score (nSPS) is 12.0. The standard InChI is InChI=1S/C5H7F3N4O/c6-5(7,8)4-9-10-11-12(4)2-1-3-13/h13H,1-3H2. The topological polar surface area (TPSA) is 63.8 Å². The summed E-state index contributed by atoms with van der Waals surface area (Å²) in [5.74, 6) is -1.14. The summed E-state index contributed by atoms with van der Waals surface area (Å²) in [5, 5.41) is 17.3. The molecule has 0 radical (unpaired) electrons. The third kappa shape index (κ3) is 2.38. The summed E-state index contributed by atoms with van der Waals surface area (Å²) in [4.78, 5) is 0. The molecule has 13 heavy (non-hydrogen) atoms. The number of alkyl halides is 3. The zero-order chi connectivity index (χ0) is 9.90. The molecule has 8 heteroatoms. The molecule has 0 spiro atoms. The van der Waals surface area contributed by atoms with Gasteiger partial charge in [-0.2, -0.15) is 13.2 Å². The molecule has 0 unspecified atom stereocenters. The highest BCUT2D eigenvalue weighted by molar-refractivity contribution is 4.86. The van der Waals surface area contributed by atoms with E-state index in [0.29, 0.717) is 4.68 Å². The van der Waals surface area contributed by atoms with E-state index in [-0.39, 0.29) is 19.6 Å². The monoisotopic (exact) mass is 196 g/mol. The largest absolute Gasteiger partial charge is 0.453 e. The number of aliphatic hydroxyl groups is 1. The zero-order valence-electron chi connectivity index (χ0n) is 6.49. The summed E-state index contributed by atoms with van der Waals surface area (Å²) < 4.78 is 36.9. The van der Waals surface area contributed by atoms with Crippen molar-refractivity contribution in [1.82, 2.24) is 20.2 Å². The Hall–Kier alpha value is -1.18. The van der Waals surface area contributed by atoms with Crippen molar-refractivity contribution in [2.24, 2.45) is 0 Å². The Morgan fingerprint density at radius 3 is 2.62 bits per heavy atom. The molecule has 0 saturated heterocycles. The summed E-state index contributed by atoms with van der Waals surface area (Å²) in [6.45, 7) is -0.241. The molecule has 0 atom stereocenters. The molecule has 1 aromatic rings. The lowest BCUT2D eigenvalue weighted by Crippen LogP contribution is -2.16. The number of aryl methyl sites for hydroxylation is 1. The van der Waals surface area contributed by atoms with Gasteiger partial charge >= 0.3 is 6.18 Å². The summed E-state index contributed by atoms with van der Waals surface area (Å²) >= 11 is 0. The fourth-order valence-corrected chi connectivity index (χ4v) is 0.779. The quantitative estimate of drug-likeness (QED) is 0.743. The Kier molecular flexibility index (Phi) is 2.81. The van der Waals surface area contributed by atoms with Crippen LogP contribution in [0.25, 0.3) is 0 Å². The second-order valence-corrected chi connectivity index (χ2v) is 2.30. The molecule has 1 heterocycles. The minimum absolute atomic E-state index is 0.0433. The first kappa shape index (κ1) is 9.90. The van der Waals surface area contributed by atoms with Gasteiger partial charge in [0, 0.05) is 13.2 Å². The number of hydrogen-bond acceptors (Lipinski definition) is 4. The van der Waals surface area contributed by atoms with E-state index < -0.39 is 12.0 Å². The highest BCUT2D eigenvalue weighted by Crippen LogP contribution is 2.26. The van der Waals surface area contributed by atoms with Crippen molar-refractivity contribution < 1.29 is 18.3 Å². The van der Waals surface area contributed by atoms with Gasteiger partial charge in [0.15, 0.2) is 0 Å². The van der Waals surface area contributed by atoms with E-state index in [1.165, 1.54) is 0 Å². The SMILES string of the molecule is OCCCn1nnnc1C(F)(F)F. The molecule has 1 rings (SSSR count). The van der Waals surface area contributed by atoms with Crippen LogP contribution in [0.2, 0.25) is 0 Å². The zero-order valence-corrected chi connectivity index (χ0v) is 6.49. The van der Waals surface area contributed by atoms with Gasteiger partial charge in [0.25, 0.3) is 5.82 Å². The maximum atomic E-state index is 12.1. The molecule has 5 nitrogen and oxygen atoms in total. The number of tetrazole rings is 1. The number of nitrogens with zero attached hydrogens (tertiary/aromatic N) is 4. The van der Waals surface area contributed by atoms with Crippen LogP contribution < -0.4 is 0 Å². The molecule has 1 aromatic heterocycles. The van der Waals surface area contributed by atoms with Gasteiger partial charge in [-0.1, -0.05) is 0 Å². The number of hydrogen-bond donors (Lipinski definition) is 1. The van der Waals surface area contributed by atoms with Crippen LogP contribution in [0.15, 0.2) is 0 Å². The molecule has 74 valence electrons. The van der Waals surface area contributed by atoms with Crippen LogP contribution in [-0.4, -0.2) is 31.9 Å². The maximum Gasteiger partial charge on any atom is 0.453 e. The smallest absolute Gasteiger partial charge is 0.396 e. The van der Waals surface area contributed by atoms with Crippen LogP contribution in [-0.2, 0) is 12.7 Å². The fourth-order valence-electron chi connectivity index (χ4n) is 0.779. The molecule has 0 amide bonds. The van der Waals surface area contributed by atoms with Crippen molar-refractivity contribution in [3.05, 3.63) is 5.82 Å². The van der Waals surface area contributed by atoms with Crippen LogP contribution in [0.1, 0.15) is 12.2 Å². The number of halogens is 3. The van der Waals surface area contributed by atoms with Gasteiger partial charge < -0.3 is 5.11 Å². The predicted molar refractivity (Wildman–Crippen MR) is 34.5 cm³/mol. The Bertz CT molecular complexity index is 271. The molecule has 1 N–H and O–H groups in total. The first-order valence-corrected chi connectivity index (χ1v) is 3.50. The average molecular weight is 196 g/mol. The van der Waals surface area contributed by atoms with Gasteiger partial charge in [0.2, 0.25) is 0 Å². The molecule has 0 aliphatic heterocycles. The predicted octanol–water partition coefficient (Wildman–Crippen LogP) is 0.0743. The molecule has 0 aromatic carbocycles. The summed E-state index contributed by atoms with van der Waals surface area (Å²) in [6.07, 6.45) is -4.35. The van der Waals surface area contributed by atoms with Crippen LogP contribution in [0.5, 0.6) is 0 Å². The fraction of sp³-hybridized carbons (Fsp3) is 0.800. The lowest BCUT2D eigenvalue weighted by Gasteiger charge is -2.05. The van der Waals surface area contributed by atoms with Crippen LogP contribution in [0.4, 0.5) is 13.2 Å². The van der Waals surface area contributed by atoms with Crippen molar-refractivity contribution in [2.45, 2.75) is 19.1 Å². The van der Waals surface area contributed by atoms with Crippen molar-refractivity contribution in [1.29, 1.82) is 0 Å². The second-order valence-electron chi connectivity index (χ2n) is 2.30. The number of aliphatic hydroxyl groups excluding tert-OH is 1. The van der Waals surface area contributed by atoms with Crippen LogP contribution in [0.3, 0.4) is 0 Å². The highest BCUT2D eigenvalue weighted by atomic mass is 19.4. The van der Waals surface area contributed by atoms with Crippen molar-refractivity contribution >= 4 is 0 Å². The summed E-state index contributed by atoms with van der Waals surface area (Å²) in [5.41, 5.74) is 0. The van der Waals surface area contributed by atoms with Gasteiger partial charge in [-0.15, -0.1) is 5.10 Å². The van der Waals surface area contributed by atoms with Gasteiger partial charge in [-0.05, 0) is 16.8 Å². The molecule has 0 saturated carbocycles. The lowest BCUT2D eigenvalue weighted by atomic mass is 10.4. The minimum atomic E-state index is -4.54. The van der Waals surface area contributed by atoms with E-state index in [1.807, 2.05) is 0 Å². The third-order valence-corrected chi connectivity index (χ3v) is 1.31. The van der Waals surface area contributed by atoms with Crippen LogP contribution in [0, 0.1) is 0 Å². The van der Waals surface area contributed by atoms with Crippen LogP contribution >= 0.6 is 0 Å². The Labute approximate surface area is 71.2 Å². The molecule has 0 aliphatic rings. The molecular formula is C5H7F3N4O. The molecule has 0 bridgehead atoms. The van der Waals surface area contributed by atoms with E-state index in [2.05, 4.69) is 15.5 Å². The van der Waals surface area contributed by atoms with Crippen molar-refractivity contribution in [3.8, 4) is 0 Å². The second kappa shape index (κ2) is 3.69. The van der Waals surface area contributed by atoms with Gasteiger partial charge in [0.05, 0.1) is 0 Å². The molecular weight excluding hydrogens is 189 g/mol. The highest BCUT2D eigenvalue weighted by Gasteiger charge is 2.37. The molecule has 0 aliphatic carbocycles. The van der Waals surface area contributed by atoms with Gasteiger partial charge in [-0.3, -0.25) is 0 Å². The van der Waals surface area contributed by atoms with E-state index >= 15 is 0 Å². The maximum absolute atomic E-state index is 12.1. The number of aromatic nitrogens is 4. The van der Waals surface area contributed by atoms with Crippen molar-refractivity contribution in [2.75, 3.05) is 6.61 Å². The Morgan fingerprint density at radius 2 is 2.08 bits per heavy atom. The van der Waals surface area contributed by atoms with E-state index in [1.54, 1.807) is 0 Å². The lowest BCUT2D eigenvalue weighted by molar-refractivity contribution is -0.148. The van der Waals surface area contributed by atoms with Crippen molar-refractivity contribution in [3.63, 3.8) is 0 Å². The third-order valence-electron chi connectivity index (χ3n) is 1.31. The molecule has 0 fully saturated rings. The minimum Gasteiger partial charge on any atom is -0.396 e. The Balaban J connectivity index is 2.77. The van der Waals surface area contributed by atoms with Gasteiger partial charge in [-0.25, -0.2) is 4.68 Å². The summed E-state index contributed by atoms with van der Waals surface area (Å²) in [6, 6.07) is 0. The van der Waals surface area contributed by atoms with E-state index in [4.69, 9.17) is 5.11 Å². The first-order valence-electron chi connectivity index (χ1n) is 3.50. The average Bonchev–Trinajstić information content (AvgIpc) is 2.47. The number of rotatable bonds is 3.